The summed E-state index contributed by atoms with van der Waals surface area (Å²) in [5, 5.41) is 0. The molecule has 0 radical (unpaired) electrons. The first kappa shape index (κ1) is 31.2. The number of ether oxygens (including phenoxy) is 1. The Morgan fingerprint density at radius 2 is 1.37 bits per heavy atom. The van der Waals surface area contributed by atoms with E-state index in [4.69, 9.17) is 4.74 Å². The minimum atomic E-state index is -1.28. The van der Waals surface area contributed by atoms with E-state index in [1.807, 2.05) is 35.7 Å². The number of fused-ring (bicyclic) bond motifs is 5. The average molecular weight is 695 g/mol. The molecule has 5 heteroatoms. The highest BCUT2D eigenvalue weighted by atomic mass is 32.2. The zero-order chi connectivity index (χ0) is 32.9. The molecule has 49 heavy (non-hydrogen) atoms. The molecule has 0 fully saturated rings. The highest BCUT2D eigenvalue weighted by molar-refractivity contribution is 8.03. The van der Waals surface area contributed by atoms with Crippen LogP contribution in [0.25, 0.3) is 0 Å². The van der Waals surface area contributed by atoms with Gasteiger partial charge in [0.2, 0.25) is 0 Å². The van der Waals surface area contributed by atoms with Gasteiger partial charge in [-0.1, -0.05) is 115 Å². The number of rotatable bonds is 4. The van der Waals surface area contributed by atoms with Gasteiger partial charge < -0.3 is 4.74 Å². The SMILES string of the molecule is CC1c2ccccc2SC2=C(CCC=C2)C1Cc1ccc2c(c1)Oc1cc(CC3CCc4ccccc4Sc4ccccc43)ccc1S2=O. The number of hydrogen-bond donors (Lipinski definition) is 0. The van der Waals surface area contributed by atoms with E-state index in [1.165, 1.54) is 47.4 Å². The smallest absolute Gasteiger partial charge is 0.144 e. The van der Waals surface area contributed by atoms with Gasteiger partial charge in [-0.2, -0.15) is 0 Å². The van der Waals surface area contributed by atoms with Crippen LogP contribution in [0.5, 0.6) is 11.5 Å². The van der Waals surface area contributed by atoms with Crippen molar-refractivity contribution in [3.8, 4) is 11.5 Å². The van der Waals surface area contributed by atoms with Crippen molar-refractivity contribution in [2.45, 2.75) is 81.8 Å². The van der Waals surface area contributed by atoms with Crippen molar-refractivity contribution in [3.63, 3.8) is 0 Å². The first-order chi connectivity index (χ1) is 24.1. The Labute approximate surface area is 300 Å². The van der Waals surface area contributed by atoms with Crippen LogP contribution in [0.3, 0.4) is 0 Å². The molecule has 0 spiro atoms. The maximum Gasteiger partial charge on any atom is 0.144 e. The molecular weight excluding hydrogens is 657 g/mol. The molecule has 2 nitrogen and oxygen atoms in total. The molecule has 0 bridgehead atoms. The summed E-state index contributed by atoms with van der Waals surface area (Å²) in [6.45, 7) is 2.39. The van der Waals surface area contributed by atoms with Crippen LogP contribution in [0, 0.1) is 5.92 Å². The molecule has 4 aliphatic rings. The summed E-state index contributed by atoms with van der Waals surface area (Å²) in [5.74, 6) is 2.66. The van der Waals surface area contributed by atoms with Crippen molar-refractivity contribution in [2.75, 3.05) is 0 Å². The molecule has 244 valence electrons. The quantitative estimate of drug-likeness (QED) is 0.183. The fraction of sp³-hybridized carbons (Fsp3) is 0.227. The fourth-order valence-electron chi connectivity index (χ4n) is 8.15. The number of benzene rings is 5. The maximum atomic E-state index is 13.9. The fourth-order valence-corrected chi connectivity index (χ4v) is 11.8. The molecule has 9 rings (SSSR count). The van der Waals surface area contributed by atoms with Crippen molar-refractivity contribution >= 4 is 34.3 Å². The van der Waals surface area contributed by atoms with E-state index in [-0.39, 0.29) is 0 Å². The van der Waals surface area contributed by atoms with Gasteiger partial charge >= 0.3 is 0 Å². The van der Waals surface area contributed by atoms with Crippen LogP contribution in [0.1, 0.15) is 65.8 Å². The summed E-state index contributed by atoms with van der Waals surface area (Å²) in [5.41, 5.74) is 8.32. The summed E-state index contributed by atoms with van der Waals surface area (Å²) in [6, 6.07) is 39.3. The molecule has 0 N–H and O–H groups in total. The Morgan fingerprint density at radius 3 is 2.14 bits per heavy atom. The van der Waals surface area contributed by atoms with E-state index in [1.54, 1.807) is 5.57 Å². The van der Waals surface area contributed by atoms with Crippen LogP contribution in [0.4, 0.5) is 0 Å². The minimum Gasteiger partial charge on any atom is -0.455 e. The zero-order valence-electron chi connectivity index (χ0n) is 27.6. The molecule has 0 aromatic heterocycles. The van der Waals surface area contributed by atoms with E-state index in [9.17, 15) is 4.21 Å². The van der Waals surface area contributed by atoms with Gasteiger partial charge in [0.15, 0.2) is 0 Å². The van der Waals surface area contributed by atoms with Crippen LogP contribution < -0.4 is 4.74 Å². The molecule has 0 saturated carbocycles. The van der Waals surface area contributed by atoms with E-state index in [2.05, 4.69) is 116 Å². The highest BCUT2D eigenvalue weighted by Crippen LogP contribution is 2.50. The largest absolute Gasteiger partial charge is 0.455 e. The lowest BCUT2D eigenvalue weighted by atomic mass is 9.76. The highest BCUT2D eigenvalue weighted by Gasteiger charge is 2.32. The van der Waals surface area contributed by atoms with Gasteiger partial charge in [0.05, 0.1) is 20.6 Å². The number of hydrogen-bond acceptors (Lipinski definition) is 4. The maximum absolute atomic E-state index is 13.9. The molecular formula is C44H38O2S3. The predicted molar refractivity (Wildman–Crippen MR) is 203 cm³/mol. The first-order valence-electron chi connectivity index (χ1n) is 17.5. The van der Waals surface area contributed by atoms with E-state index in [0.29, 0.717) is 17.8 Å². The van der Waals surface area contributed by atoms with Crippen LogP contribution >= 0.6 is 23.5 Å². The van der Waals surface area contributed by atoms with Gasteiger partial charge in [0, 0.05) is 19.6 Å². The summed E-state index contributed by atoms with van der Waals surface area (Å²) >= 11 is 3.82. The first-order valence-corrected chi connectivity index (χ1v) is 20.2. The lowest BCUT2D eigenvalue weighted by Gasteiger charge is -2.28. The summed E-state index contributed by atoms with van der Waals surface area (Å²) < 4.78 is 20.6. The van der Waals surface area contributed by atoms with Crippen molar-refractivity contribution in [2.24, 2.45) is 5.92 Å². The monoisotopic (exact) mass is 694 g/mol. The predicted octanol–water partition coefficient (Wildman–Crippen LogP) is 12.1. The van der Waals surface area contributed by atoms with Gasteiger partial charge in [0.1, 0.15) is 11.5 Å². The molecule has 5 aromatic rings. The topological polar surface area (TPSA) is 26.3 Å². The molecule has 1 aliphatic carbocycles. The third-order valence-corrected chi connectivity index (χ3v) is 14.6. The van der Waals surface area contributed by atoms with Crippen LogP contribution in [-0.2, 0) is 30.1 Å². The van der Waals surface area contributed by atoms with Gasteiger partial charge in [-0.3, -0.25) is 0 Å². The van der Waals surface area contributed by atoms with Gasteiger partial charge in [0.25, 0.3) is 0 Å². The second-order valence-electron chi connectivity index (χ2n) is 13.7. The molecule has 0 amide bonds. The van der Waals surface area contributed by atoms with Crippen LogP contribution in [0.2, 0.25) is 0 Å². The summed E-state index contributed by atoms with van der Waals surface area (Å²) in [4.78, 5) is 7.03. The van der Waals surface area contributed by atoms with Crippen LogP contribution in [0.15, 0.2) is 156 Å². The molecule has 3 heterocycles. The summed E-state index contributed by atoms with van der Waals surface area (Å²) in [7, 11) is -1.28. The Morgan fingerprint density at radius 1 is 0.714 bits per heavy atom. The normalized spacial score (nSPS) is 22.1. The average Bonchev–Trinajstić information content (AvgIpc) is 3.24. The molecule has 5 aromatic carbocycles. The lowest BCUT2D eigenvalue weighted by molar-refractivity contribution is 0.445. The Kier molecular flexibility index (Phi) is 8.39. The van der Waals surface area contributed by atoms with Crippen molar-refractivity contribution in [3.05, 3.63) is 160 Å². The second kappa shape index (κ2) is 13.2. The van der Waals surface area contributed by atoms with Crippen molar-refractivity contribution in [1.82, 2.24) is 0 Å². The Bertz CT molecular complexity index is 2180. The molecule has 3 aliphatic heterocycles. The van der Waals surface area contributed by atoms with E-state index >= 15 is 0 Å². The lowest BCUT2D eigenvalue weighted by Crippen LogP contribution is -2.17. The third-order valence-electron chi connectivity index (χ3n) is 10.7. The molecule has 4 atom stereocenters. The number of aryl methyl sites for hydroxylation is 1. The van der Waals surface area contributed by atoms with Crippen LogP contribution in [-0.4, -0.2) is 4.21 Å². The van der Waals surface area contributed by atoms with Crippen molar-refractivity contribution in [1.29, 1.82) is 0 Å². The second-order valence-corrected chi connectivity index (χ2v) is 17.3. The van der Waals surface area contributed by atoms with Gasteiger partial charge in [-0.05, 0) is 127 Å². The zero-order valence-corrected chi connectivity index (χ0v) is 30.0. The third kappa shape index (κ3) is 5.94. The number of allylic oxidation sites excluding steroid dienone is 3. The Hall–Kier alpha value is -3.77. The Balaban J connectivity index is 0.995. The van der Waals surface area contributed by atoms with Gasteiger partial charge in [-0.15, -0.1) is 0 Å². The standard InChI is InChI=1S/C44H38O2S3/c1-28-33-11-3-7-15-40(33)48-42-17-9-5-13-35(42)36(28)25-30-19-23-44-38(27-30)46-37-26-29(18-22-43(37)49(44)45)24-32-21-20-31-10-2-6-14-39(31)47-41-16-8-4-12-34(32)41/h2-4,6-12,14-19,22-23,26-28,32,36H,5,13,20-21,24-25H2,1H3. The van der Waals surface area contributed by atoms with Gasteiger partial charge in [-0.25, -0.2) is 4.21 Å². The minimum absolute atomic E-state index is 0.391. The molecule has 0 saturated heterocycles. The van der Waals surface area contributed by atoms with Crippen molar-refractivity contribution < 1.29 is 8.95 Å². The number of thioether (sulfide) groups is 1. The summed E-state index contributed by atoms with van der Waals surface area (Å²) in [6.07, 6.45) is 10.9. The molecule has 4 unspecified atom stereocenters. The van der Waals surface area contributed by atoms with E-state index in [0.717, 1.165) is 59.8 Å². The van der Waals surface area contributed by atoms with E-state index < -0.39 is 10.8 Å².